The van der Waals surface area contributed by atoms with Crippen LogP contribution >= 0.6 is 0 Å². The number of aliphatic hydroxyl groups excluding tert-OH is 1. The van der Waals surface area contributed by atoms with Gasteiger partial charge in [-0.2, -0.15) is 0 Å². The number of ether oxygens (including phenoxy) is 1. The molecule has 94 valence electrons. The van der Waals surface area contributed by atoms with Gasteiger partial charge in [-0.15, -0.1) is 0 Å². The van der Waals surface area contributed by atoms with Crippen LogP contribution in [0.4, 0.5) is 10.5 Å². The van der Waals surface area contributed by atoms with Crippen LogP contribution in [-0.4, -0.2) is 33.9 Å². The molecular formula is C11H17N3O3. The van der Waals surface area contributed by atoms with Crippen LogP contribution < -0.4 is 5.32 Å². The Hall–Kier alpha value is -1.69. The Labute approximate surface area is 100 Å². The first-order valence-corrected chi connectivity index (χ1v) is 5.51. The molecule has 0 aliphatic heterocycles. The van der Waals surface area contributed by atoms with E-state index in [9.17, 15) is 4.79 Å². The van der Waals surface area contributed by atoms with Crippen molar-refractivity contribution in [2.75, 3.05) is 11.9 Å². The number of aromatic nitrogens is 2. The first-order chi connectivity index (χ1) is 8.11. The lowest BCUT2D eigenvalue weighted by Crippen LogP contribution is -2.18. The van der Waals surface area contributed by atoms with E-state index in [0.717, 1.165) is 0 Å². The maximum atomic E-state index is 11.3. The van der Waals surface area contributed by atoms with Crippen molar-refractivity contribution >= 4 is 11.8 Å². The third-order valence-corrected chi connectivity index (χ3v) is 1.85. The number of amides is 1. The van der Waals surface area contributed by atoms with E-state index in [0.29, 0.717) is 24.4 Å². The van der Waals surface area contributed by atoms with Gasteiger partial charge in [0.05, 0.1) is 24.2 Å². The zero-order valence-electron chi connectivity index (χ0n) is 10.0. The number of hydrogen-bond donors (Lipinski definition) is 2. The molecule has 1 aromatic rings. The van der Waals surface area contributed by atoms with Gasteiger partial charge in [-0.05, 0) is 20.3 Å². The highest BCUT2D eigenvalue weighted by atomic mass is 16.6. The molecule has 0 fully saturated rings. The van der Waals surface area contributed by atoms with Crippen molar-refractivity contribution in [3.63, 3.8) is 0 Å². The van der Waals surface area contributed by atoms with Crippen LogP contribution in [0.2, 0.25) is 0 Å². The van der Waals surface area contributed by atoms with Crippen molar-refractivity contribution < 1.29 is 14.6 Å². The number of nitrogens with one attached hydrogen (secondary N) is 1. The minimum absolute atomic E-state index is 0.115. The maximum absolute atomic E-state index is 11.3. The summed E-state index contributed by atoms with van der Waals surface area (Å²) < 4.78 is 4.91. The molecule has 1 amide bonds. The van der Waals surface area contributed by atoms with Gasteiger partial charge in [0.2, 0.25) is 0 Å². The van der Waals surface area contributed by atoms with Gasteiger partial charge in [0.25, 0.3) is 0 Å². The number of aryl methyl sites for hydroxylation is 1. The van der Waals surface area contributed by atoms with Gasteiger partial charge in [-0.1, -0.05) is 0 Å². The van der Waals surface area contributed by atoms with Gasteiger partial charge in [0, 0.05) is 13.0 Å². The Bertz CT molecular complexity index is 351. The molecule has 1 rings (SSSR count). The zero-order valence-corrected chi connectivity index (χ0v) is 10.0. The van der Waals surface area contributed by atoms with Crippen molar-refractivity contribution in [2.45, 2.75) is 32.8 Å². The van der Waals surface area contributed by atoms with E-state index in [2.05, 4.69) is 15.3 Å². The largest absolute Gasteiger partial charge is 0.447 e. The van der Waals surface area contributed by atoms with Gasteiger partial charge < -0.3 is 9.84 Å². The molecule has 2 N–H and O–H groups in total. The van der Waals surface area contributed by atoms with Gasteiger partial charge in [-0.3, -0.25) is 5.32 Å². The molecule has 0 spiro atoms. The average molecular weight is 239 g/mol. The second kappa shape index (κ2) is 6.80. The summed E-state index contributed by atoms with van der Waals surface area (Å²) >= 11 is 0. The number of aliphatic hydroxyl groups is 1. The van der Waals surface area contributed by atoms with Crippen molar-refractivity contribution in [2.24, 2.45) is 0 Å². The van der Waals surface area contributed by atoms with Crippen LogP contribution in [0.3, 0.4) is 0 Å². The fourth-order valence-electron chi connectivity index (χ4n) is 1.15. The van der Waals surface area contributed by atoms with Gasteiger partial charge in [0.1, 0.15) is 5.82 Å². The summed E-state index contributed by atoms with van der Waals surface area (Å²) in [6.45, 7) is 3.66. The summed E-state index contributed by atoms with van der Waals surface area (Å²) in [6.07, 6.45) is 3.59. The van der Waals surface area contributed by atoms with Crippen molar-refractivity contribution in [1.29, 1.82) is 0 Å². The predicted octanol–water partition coefficient (Wildman–Crippen LogP) is 1.36. The summed E-state index contributed by atoms with van der Waals surface area (Å²) in [7, 11) is 0. The standard InChI is InChI=1S/C11H17N3O3/c1-8(2)17-11(16)14-9-6-12-10(13-7-9)4-3-5-15/h6-8,15H,3-5H2,1-2H3,(H,14,16). The fourth-order valence-corrected chi connectivity index (χ4v) is 1.15. The average Bonchev–Trinajstić information content (AvgIpc) is 2.27. The molecule has 0 aliphatic rings. The van der Waals surface area contributed by atoms with Gasteiger partial charge >= 0.3 is 6.09 Å². The molecular weight excluding hydrogens is 222 g/mol. The zero-order chi connectivity index (χ0) is 12.7. The van der Waals surface area contributed by atoms with Crippen molar-refractivity contribution in [3.8, 4) is 0 Å². The fraction of sp³-hybridized carbons (Fsp3) is 0.545. The lowest BCUT2D eigenvalue weighted by molar-refractivity contribution is 0.130. The third kappa shape index (κ3) is 5.26. The van der Waals surface area contributed by atoms with Crippen molar-refractivity contribution in [3.05, 3.63) is 18.2 Å². The lowest BCUT2D eigenvalue weighted by Gasteiger charge is -2.09. The first kappa shape index (κ1) is 13.4. The summed E-state index contributed by atoms with van der Waals surface area (Å²) in [6, 6.07) is 0. The highest BCUT2D eigenvalue weighted by Gasteiger charge is 2.06. The quantitative estimate of drug-likeness (QED) is 0.810. The molecule has 0 bridgehead atoms. The Morgan fingerprint density at radius 3 is 2.65 bits per heavy atom. The summed E-state index contributed by atoms with van der Waals surface area (Å²) in [5.41, 5.74) is 0.489. The van der Waals surface area contributed by atoms with Crippen molar-refractivity contribution in [1.82, 2.24) is 9.97 Å². The second-order valence-electron chi connectivity index (χ2n) is 3.79. The molecule has 6 nitrogen and oxygen atoms in total. The normalized spacial score (nSPS) is 10.4. The Morgan fingerprint density at radius 2 is 2.12 bits per heavy atom. The second-order valence-corrected chi connectivity index (χ2v) is 3.79. The molecule has 1 aromatic heterocycles. The monoisotopic (exact) mass is 239 g/mol. The van der Waals surface area contributed by atoms with E-state index in [4.69, 9.17) is 9.84 Å². The Morgan fingerprint density at radius 1 is 1.47 bits per heavy atom. The molecule has 0 aromatic carbocycles. The number of carbonyl (C=O) groups excluding carboxylic acids is 1. The summed E-state index contributed by atoms with van der Waals surface area (Å²) in [5.74, 6) is 0.641. The van der Waals surface area contributed by atoms with E-state index >= 15 is 0 Å². The topological polar surface area (TPSA) is 84.3 Å². The molecule has 0 atom stereocenters. The number of carbonyl (C=O) groups is 1. The molecule has 6 heteroatoms. The molecule has 17 heavy (non-hydrogen) atoms. The SMILES string of the molecule is CC(C)OC(=O)Nc1cnc(CCCO)nc1. The number of rotatable bonds is 5. The lowest BCUT2D eigenvalue weighted by atomic mass is 10.3. The smallest absolute Gasteiger partial charge is 0.411 e. The van der Waals surface area contributed by atoms with E-state index < -0.39 is 6.09 Å². The summed E-state index contributed by atoms with van der Waals surface area (Å²) in [5, 5.41) is 11.2. The van der Waals surface area contributed by atoms with Crippen LogP contribution in [0.25, 0.3) is 0 Å². The summed E-state index contributed by atoms with van der Waals surface area (Å²) in [4.78, 5) is 19.4. The van der Waals surface area contributed by atoms with Gasteiger partial charge in [-0.25, -0.2) is 14.8 Å². The number of nitrogens with zero attached hydrogens (tertiary/aromatic N) is 2. The Kier molecular flexibility index (Phi) is 5.35. The molecule has 1 heterocycles. The molecule has 0 saturated carbocycles. The van der Waals surface area contributed by atoms with Crippen LogP contribution in [0.5, 0.6) is 0 Å². The van der Waals surface area contributed by atoms with E-state index in [-0.39, 0.29) is 12.7 Å². The predicted molar refractivity (Wildman–Crippen MR) is 62.7 cm³/mol. The van der Waals surface area contributed by atoms with Crippen LogP contribution in [-0.2, 0) is 11.2 Å². The van der Waals surface area contributed by atoms with E-state index in [1.807, 2.05) is 0 Å². The molecule has 0 radical (unpaired) electrons. The first-order valence-electron chi connectivity index (χ1n) is 5.51. The minimum atomic E-state index is -0.522. The number of hydrogen-bond acceptors (Lipinski definition) is 5. The minimum Gasteiger partial charge on any atom is -0.447 e. The maximum Gasteiger partial charge on any atom is 0.411 e. The molecule has 0 saturated heterocycles. The highest BCUT2D eigenvalue weighted by Crippen LogP contribution is 2.05. The third-order valence-electron chi connectivity index (χ3n) is 1.85. The van der Waals surface area contributed by atoms with Crippen LogP contribution in [0.1, 0.15) is 26.1 Å². The Balaban J connectivity index is 2.47. The van der Waals surface area contributed by atoms with Crippen LogP contribution in [0.15, 0.2) is 12.4 Å². The van der Waals surface area contributed by atoms with E-state index in [1.54, 1.807) is 13.8 Å². The van der Waals surface area contributed by atoms with Crippen LogP contribution in [0, 0.1) is 0 Å². The molecule has 0 unspecified atom stereocenters. The van der Waals surface area contributed by atoms with E-state index in [1.165, 1.54) is 12.4 Å². The molecule has 0 aliphatic carbocycles. The highest BCUT2D eigenvalue weighted by molar-refractivity contribution is 5.84. The van der Waals surface area contributed by atoms with Gasteiger partial charge in [0.15, 0.2) is 0 Å². The number of anilines is 1.